The van der Waals surface area contributed by atoms with Crippen LogP contribution in [0.3, 0.4) is 0 Å². The minimum absolute atomic E-state index is 0.179. The van der Waals surface area contributed by atoms with Crippen LogP contribution in [0.5, 0.6) is 5.75 Å². The van der Waals surface area contributed by atoms with Gasteiger partial charge in [0.2, 0.25) is 0 Å². The number of carbonyl (C=O) groups excluding carboxylic acids is 1. The number of rotatable bonds is 6. The number of hydrogen-bond acceptors (Lipinski definition) is 4. The van der Waals surface area contributed by atoms with E-state index in [1.807, 2.05) is 6.92 Å². The number of amides is 1. The topological polar surface area (TPSA) is 51.2 Å². The van der Waals surface area contributed by atoms with Crippen molar-refractivity contribution in [1.82, 2.24) is 4.98 Å². The Morgan fingerprint density at radius 2 is 2.17 bits per heavy atom. The molecular formula is C17H21FN2O2S. The molecule has 1 amide bonds. The van der Waals surface area contributed by atoms with E-state index in [4.69, 9.17) is 4.74 Å². The largest absolute Gasteiger partial charge is 0.491 e. The van der Waals surface area contributed by atoms with E-state index >= 15 is 0 Å². The molecule has 124 valence electrons. The molecule has 23 heavy (non-hydrogen) atoms. The molecule has 0 saturated heterocycles. The smallest absolute Gasteiger partial charge is 0.267 e. The average Bonchev–Trinajstić information content (AvgIpc) is 2.82. The van der Waals surface area contributed by atoms with Crippen LogP contribution in [0.15, 0.2) is 18.2 Å². The number of aromatic nitrogens is 1. The first-order valence-corrected chi connectivity index (χ1v) is 8.42. The standard InChI is InChI=1S/C17H21FN2O2S/c1-5-22-14-7-6-12(9-13(14)18)20-17(21)16-11(4)19-15(23-16)8-10(2)3/h6-7,9-10H,5,8H2,1-4H3,(H,20,21). The maximum absolute atomic E-state index is 13.8. The minimum Gasteiger partial charge on any atom is -0.491 e. The Labute approximate surface area is 139 Å². The van der Waals surface area contributed by atoms with Crippen molar-refractivity contribution >= 4 is 22.9 Å². The summed E-state index contributed by atoms with van der Waals surface area (Å²) in [6, 6.07) is 4.39. The lowest BCUT2D eigenvalue weighted by Gasteiger charge is -2.08. The van der Waals surface area contributed by atoms with Crippen LogP contribution >= 0.6 is 11.3 Å². The molecule has 1 N–H and O–H groups in total. The molecule has 0 spiro atoms. The molecule has 1 heterocycles. The molecule has 2 aromatic rings. The van der Waals surface area contributed by atoms with Gasteiger partial charge in [-0.25, -0.2) is 9.37 Å². The van der Waals surface area contributed by atoms with Crippen molar-refractivity contribution in [3.05, 3.63) is 39.6 Å². The molecule has 4 nitrogen and oxygen atoms in total. The number of aryl methyl sites for hydroxylation is 1. The molecule has 1 aromatic heterocycles. The number of ether oxygens (including phenoxy) is 1. The fourth-order valence-corrected chi connectivity index (χ4v) is 3.31. The maximum Gasteiger partial charge on any atom is 0.267 e. The summed E-state index contributed by atoms with van der Waals surface area (Å²) in [7, 11) is 0. The predicted molar refractivity (Wildman–Crippen MR) is 90.9 cm³/mol. The van der Waals surface area contributed by atoms with E-state index in [0.717, 1.165) is 11.4 Å². The molecule has 0 bridgehead atoms. The molecule has 0 fully saturated rings. The normalized spacial score (nSPS) is 10.9. The van der Waals surface area contributed by atoms with Gasteiger partial charge in [-0.05, 0) is 31.9 Å². The number of halogens is 1. The van der Waals surface area contributed by atoms with Gasteiger partial charge in [0, 0.05) is 18.2 Å². The first-order chi connectivity index (χ1) is 10.9. The number of nitrogens with one attached hydrogen (secondary N) is 1. The highest BCUT2D eigenvalue weighted by Crippen LogP contribution is 2.24. The number of hydrogen-bond donors (Lipinski definition) is 1. The highest BCUT2D eigenvalue weighted by molar-refractivity contribution is 7.13. The second-order valence-corrected chi connectivity index (χ2v) is 6.74. The third-order valence-corrected chi connectivity index (χ3v) is 4.30. The Bertz CT molecular complexity index is 698. The minimum atomic E-state index is -0.494. The van der Waals surface area contributed by atoms with Gasteiger partial charge >= 0.3 is 0 Å². The number of benzene rings is 1. The van der Waals surface area contributed by atoms with Gasteiger partial charge in [-0.3, -0.25) is 4.79 Å². The van der Waals surface area contributed by atoms with E-state index in [0.29, 0.717) is 28.8 Å². The van der Waals surface area contributed by atoms with E-state index in [2.05, 4.69) is 24.1 Å². The van der Waals surface area contributed by atoms with Crippen molar-refractivity contribution in [3.63, 3.8) is 0 Å². The van der Waals surface area contributed by atoms with Gasteiger partial charge in [0.25, 0.3) is 5.91 Å². The summed E-state index contributed by atoms with van der Waals surface area (Å²) in [6.45, 7) is 8.21. The van der Waals surface area contributed by atoms with Gasteiger partial charge < -0.3 is 10.1 Å². The Kier molecular flexibility index (Phi) is 5.71. The zero-order valence-corrected chi connectivity index (χ0v) is 14.6. The van der Waals surface area contributed by atoms with E-state index in [-0.39, 0.29) is 11.7 Å². The SMILES string of the molecule is CCOc1ccc(NC(=O)c2sc(CC(C)C)nc2C)cc1F. The summed E-state index contributed by atoms with van der Waals surface area (Å²) >= 11 is 1.39. The van der Waals surface area contributed by atoms with Crippen molar-refractivity contribution in [2.45, 2.75) is 34.1 Å². The molecule has 0 aliphatic rings. The molecule has 0 atom stereocenters. The second kappa shape index (κ2) is 7.55. The summed E-state index contributed by atoms with van der Waals surface area (Å²) in [6.07, 6.45) is 0.844. The number of nitrogens with zero attached hydrogens (tertiary/aromatic N) is 1. The predicted octanol–water partition coefficient (Wildman–Crippen LogP) is 4.44. The van der Waals surface area contributed by atoms with Crippen molar-refractivity contribution < 1.29 is 13.9 Å². The van der Waals surface area contributed by atoms with Gasteiger partial charge in [0.1, 0.15) is 4.88 Å². The monoisotopic (exact) mass is 336 g/mol. The molecule has 2 rings (SSSR count). The zero-order valence-electron chi connectivity index (χ0n) is 13.8. The third kappa shape index (κ3) is 4.51. The molecule has 0 saturated carbocycles. The molecule has 0 aliphatic heterocycles. The number of thiazole rings is 1. The fourth-order valence-electron chi connectivity index (χ4n) is 2.14. The molecule has 1 aromatic carbocycles. The summed E-state index contributed by atoms with van der Waals surface area (Å²) in [5.74, 6) is -0.0971. The molecular weight excluding hydrogens is 315 g/mol. The van der Waals surface area contributed by atoms with Crippen LogP contribution in [-0.4, -0.2) is 17.5 Å². The van der Waals surface area contributed by atoms with Gasteiger partial charge in [0.05, 0.1) is 17.3 Å². The van der Waals surface area contributed by atoms with E-state index in [1.54, 1.807) is 13.0 Å². The third-order valence-electron chi connectivity index (χ3n) is 3.12. The highest BCUT2D eigenvalue weighted by atomic mass is 32.1. The lowest BCUT2D eigenvalue weighted by molar-refractivity contribution is 0.103. The van der Waals surface area contributed by atoms with Crippen molar-refractivity contribution in [2.75, 3.05) is 11.9 Å². The van der Waals surface area contributed by atoms with Gasteiger partial charge in [-0.15, -0.1) is 11.3 Å². The van der Waals surface area contributed by atoms with Crippen LogP contribution in [0.1, 0.15) is 41.1 Å². The van der Waals surface area contributed by atoms with Crippen LogP contribution in [0.2, 0.25) is 0 Å². The van der Waals surface area contributed by atoms with E-state index in [9.17, 15) is 9.18 Å². The van der Waals surface area contributed by atoms with Crippen LogP contribution < -0.4 is 10.1 Å². The van der Waals surface area contributed by atoms with Gasteiger partial charge in [-0.1, -0.05) is 13.8 Å². The van der Waals surface area contributed by atoms with Crippen molar-refractivity contribution in [2.24, 2.45) is 5.92 Å². The summed E-state index contributed by atoms with van der Waals surface area (Å²) < 4.78 is 19.0. The quantitative estimate of drug-likeness (QED) is 0.848. The van der Waals surface area contributed by atoms with E-state index < -0.39 is 5.82 Å². The highest BCUT2D eigenvalue weighted by Gasteiger charge is 2.16. The van der Waals surface area contributed by atoms with E-state index in [1.165, 1.54) is 23.5 Å². The summed E-state index contributed by atoms with van der Waals surface area (Å²) in [4.78, 5) is 17.4. The zero-order chi connectivity index (χ0) is 17.0. The van der Waals surface area contributed by atoms with Crippen molar-refractivity contribution in [1.29, 1.82) is 0 Å². The summed E-state index contributed by atoms with van der Waals surface area (Å²) in [5.41, 5.74) is 1.10. The maximum atomic E-state index is 13.8. The first kappa shape index (κ1) is 17.4. The van der Waals surface area contributed by atoms with Crippen LogP contribution in [0.4, 0.5) is 10.1 Å². The van der Waals surface area contributed by atoms with Crippen molar-refractivity contribution in [3.8, 4) is 5.75 Å². The van der Waals surface area contributed by atoms with Crippen LogP contribution in [0, 0.1) is 18.7 Å². The Balaban J connectivity index is 2.13. The average molecular weight is 336 g/mol. The molecule has 0 radical (unpaired) electrons. The molecule has 0 aliphatic carbocycles. The van der Waals surface area contributed by atoms with Crippen LogP contribution in [0.25, 0.3) is 0 Å². The Hall–Kier alpha value is -1.95. The van der Waals surface area contributed by atoms with Gasteiger partial charge in [0.15, 0.2) is 11.6 Å². The lowest BCUT2D eigenvalue weighted by atomic mass is 10.1. The molecule has 0 unspecified atom stereocenters. The van der Waals surface area contributed by atoms with Gasteiger partial charge in [-0.2, -0.15) is 0 Å². The fraction of sp³-hybridized carbons (Fsp3) is 0.412. The lowest BCUT2D eigenvalue weighted by Crippen LogP contribution is -2.11. The second-order valence-electron chi connectivity index (χ2n) is 5.65. The van der Waals surface area contributed by atoms with Crippen LogP contribution in [-0.2, 0) is 6.42 Å². The summed E-state index contributed by atoms with van der Waals surface area (Å²) in [5, 5.41) is 3.66. The number of carbonyl (C=O) groups is 1. The Morgan fingerprint density at radius 3 is 2.78 bits per heavy atom. The molecule has 6 heteroatoms. The first-order valence-electron chi connectivity index (χ1n) is 7.60. The Morgan fingerprint density at radius 1 is 1.43 bits per heavy atom. The number of anilines is 1.